The molecule has 0 fully saturated rings. The third-order valence-corrected chi connectivity index (χ3v) is 4.34. The van der Waals surface area contributed by atoms with Gasteiger partial charge in [-0.2, -0.15) is 0 Å². The molecule has 0 bridgehead atoms. The zero-order valence-electron chi connectivity index (χ0n) is 13.0. The maximum atomic E-state index is 5.85. The molecule has 1 unspecified atom stereocenters. The SMILES string of the molecule is CCOc1ccc(C)c2c1CCC(C)(C)CC2NC. The van der Waals surface area contributed by atoms with Crippen LogP contribution in [0, 0.1) is 12.3 Å². The lowest BCUT2D eigenvalue weighted by atomic mass is 9.82. The number of hydrogen-bond acceptors (Lipinski definition) is 2. The molecule has 0 spiro atoms. The van der Waals surface area contributed by atoms with Crippen LogP contribution < -0.4 is 10.1 Å². The van der Waals surface area contributed by atoms with Crippen LogP contribution in [0.5, 0.6) is 5.75 Å². The molecule has 2 nitrogen and oxygen atoms in total. The van der Waals surface area contributed by atoms with Crippen molar-refractivity contribution < 1.29 is 4.74 Å². The smallest absolute Gasteiger partial charge is 0.122 e. The van der Waals surface area contributed by atoms with E-state index in [0.29, 0.717) is 11.5 Å². The summed E-state index contributed by atoms with van der Waals surface area (Å²) in [7, 11) is 2.07. The summed E-state index contributed by atoms with van der Waals surface area (Å²) in [5.41, 5.74) is 4.66. The molecular weight excluding hydrogens is 234 g/mol. The standard InChI is InChI=1S/C17H27NO/c1-6-19-15-8-7-12(2)16-13(15)9-10-17(3,4)11-14(16)18-5/h7-8,14,18H,6,9-11H2,1-5H3. The molecule has 0 saturated carbocycles. The number of rotatable bonds is 3. The van der Waals surface area contributed by atoms with Crippen LogP contribution in [0.2, 0.25) is 0 Å². The Balaban J connectivity index is 2.51. The summed E-state index contributed by atoms with van der Waals surface area (Å²) < 4.78 is 5.85. The summed E-state index contributed by atoms with van der Waals surface area (Å²) in [4.78, 5) is 0. The van der Waals surface area contributed by atoms with Gasteiger partial charge in [-0.15, -0.1) is 0 Å². The van der Waals surface area contributed by atoms with E-state index in [2.05, 4.69) is 52.2 Å². The first-order valence-corrected chi connectivity index (χ1v) is 7.41. The molecule has 1 aliphatic carbocycles. The quantitative estimate of drug-likeness (QED) is 0.830. The van der Waals surface area contributed by atoms with Gasteiger partial charge < -0.3 is 10.1 Å². The number of aryl methyl sites for hydroxylation is 1. The monoisotopic (exact) mass is 261 g/mol. The van der Waals surface area contributed by atoms with E-state index in [4.69, 9.17) is 4.74 Å². The summed E-state index contributed by atoms with van der Waals surface area (Å²) in [6.45, 7) is 9.76. The predicted molar refractivity (Wildman–Crippen MR) is 80.9 cm³/mol. The molecule has 1 aromatic carbocycles. The molecule has 0 aromatic heterocycles. The van der Waals surface area contributed by atoms with Gasteiger partial charge >= 0.3 is 0 Å². The average Bonchev–Trinajstić information content (AvgIpc) is 2.50. The van der Waals surface area contributed by atoms with Crippen LogP contribution in [-0.4, -0.2) is 13.7 Å². The number of nitrogens with one attached hydrogen (secondary N) is 1. The van der Waals surface area contributed by atoms with Crippen LogP contribution >= 0.6 is 0 Å². The second kappa shape index (κ2) is 5.54. The maximum absolute atomic E-state index is 5.85. The molecule has 0 heterocycles. The Labute approximate surface area is 117 Å². The van der Waals surface area contributed by atoms with Gasteiger partial charge in [0.25, 0.3) is 0 Å². The lowest BCUT2D eigenvalue weighted by Gasteiger charge is -2.27. The van der Waals surface area contributed by atoms with Crippen molar-refractivity contribution in [3.63, 3.8) is 0 Å². The van der Waals surface area contributed by atoms with Crippen molar-refractivity contribution in [2.75, 3.05) is 13.7 Å². The Hall–Kier alpha value is -1.02. The van der Waals surface area contributed by atoms with Gasteiger partial charge in [-0.25, -0.2) is 0 Å². The zero-order chi connectivity index (χ0) is 14.0. The summed E-state index contributed by atoms with van der Waals surface area (Å²) in [6, 6.07) is 4.78. The van der Waals surface area contributed by atoms with Crippen LogP contribution in [0.4, 0.5) is 0 Å². The van der Waals surface area contributed by atoms with Gasteiger partial charge in [-0.3, -0.25) is 0 Å². The van der Waals surface area contributed by atoms with Crippen LogP contribution in [0.15, 0.2) is 12.1 Å². The van der Waals surface area contributed by atoms with Crippen LogP contribution in [0.25, 0.3) is 0 Å². The number of ether oxygens (including phenoxy) is 1. The van der Waals surface area contributed by atoms with Crippen molar-refractivity contribution in [3.8, 4) is 5.75 Å². The molecule has 0 aliphatic heterocycles. The summed E-state index contributed by atoms with van der Waals surface area (Å²) in [6.07, 6.45) is 3.53. The van der Waals surface area contributed by atoms with Gasteiger partial charge in [-0.05, 0) is 68.3 Å². The zero-order valence-corrected chi connectivity index (χ0v) is 13.0. The van der Waals surface area contributed by atoms with E-state index in [1.165, 1.54) is 29.5 Å². The van der Waals surface area contributed by atoms with Crippen molar-refractivity contribution in [3.05, 3.63) is 28.8 Å². The van der Waals surface area contributed by atoms with Crippen LogP contribution in [0.1, 0.15) is 56.3 Å². The lowest BCUT2D eigenvalue weighted by Crippen LogP contribution is -2.23. The fourth-order valence-corrected chi connectivity index (χ4v) is 3.26. The van der Waals surface area contributed by atoms with E-state index in [-0.39, 0.29) is 0 Å². The molecule has 1 aromatic rings. The van der Waals surface area contributed by atoms with Crippen LogP contribution in [-0.2, 0) is 6.42 Å². The number of hydrogen-bond donors (Lipinski definition) is 1. The second-order valence-electron chi connectivity index (χ2n) is 6.42. The predicted octanol–water partition coefficient (Wildman–Crippen LogP) is 4.02. The Morgan fingerprint density at radius 2 is 2.11 bits per heavy atom. The van der Waals surface area contributed by atoms with E-state index in [1.807, 2.05) is 0 Å². The summed E-state index contributed by atoms with van der Waals surface area (Å²) in [5, 5.41) is 3.51. The fraction of sp³-hybridized carbons (Fsp3) is 0.647. The lowest BCUT2D eigenvalue weighted by molar-refractivity contribution is 0.278. The first-order chi connectivity index (χ1) is 8.98. The molecule has 1 N–H and O–H groups in total. The average molecular weight is 261 g/mol. The Bertz CT molecular complexity index is 451. The van der Waals surface area contributed by atoms with Crippen molar-refractivity contribution in [1.29, 1.82) is 0 Å². The normalized spacial score (nSPS) is 21.6. The molecule has 19 heavy (non-hydrogen) atoms. The van der Waals surface area contributed by atoms with E-state index in [1.54, 1.807) is 0 Å². The fourth-order valence-electron chi connectivity index (χ4n) is 3.26. The highest BCUT2D eigenvalue weighted by atomic mass is 16.5. The van der Waals surface area contributed by atoms with Crippen molar-refractivity contribution in [1.82, 2.24) is 5.32 Å². The first kappa shape index (κ1) is 14.4. The minimum Gasteiger partial charge on any atom is -0.494 e. The van der Waals surface area contributed by atoms with E-state index < -0.39 is 0 Å². The highest BCUT2D eigenvalue weighted by molar-refractivity contribution is 5.47. The summed E-state index contributed by atoms with van der Waals surface area (Å²) in [5.74, 6) is 1.08. The van der Waals surface area contributed by atoms with Crippen LogP contribution in [0.3, 0.4) is 0 Å². The van der Waals surface area contributed by atoms with E-state index >= 15 is 0 Å². The van der Waals surface area contributed by atoms with E-state index in [0.717, 1.165) is 18.8 Å². The minimum absolute atomic E-state index is 0.378. The molecule has 2 rings (SSSR count). The molecule has 0 amide bonds. The van der Waals surface area contributed by atoms with Gasteiger partial charge in [0.05, 0.1) is 6.61 Å². The molecule has 2 heteroatoms. The maximum Gasteiger partial charge on any atom is 0.122 e. The highest BCUT2D eigenvalue weighted by Crippen LogP contribution is 2.43. The molecule has 0 radical (unpaired) electrons. The van der Waals surface area contributed by atoms with Crippen molar-refractivity contribution in [2.45, 2.75) is 53.0 Å². The minimum atomic E-state index is 0.378. The largest absolute Gasteiger partial charge is 0.494 e. The van der Waals surface area contributed by atoms with Gasteiger partial charge in [0.15, 0.2) is 0 Å². The molecular formula is C17H27NO. The second-order valence-corrected chi connectivity index (χ2v) is 6.42. The Morgan fingerprint density at radius 1 is 1.37 bits per heavy atom. The molecule has 106 valence electrons. The van der Waals surface area contributed by atoms with Gasteiger partial charge in [0.2, 0.25) is 0 Å². The third kappa shape index (κ3) is 2.94. The van der Waals surface area contributed by atoms with Gasteiger partial charge in [0.1, 0.15) is 5.75 Å². The van der Waals surface area contributed by atoms with Crippen molar-refractivity contribution >= 4 is 0 Å². The third-order valence-electron chi connectivity index (χ3n) is 4.34. The molecule has 1 atom stereocenters. The highest BCUT2D eigenvalue weighted by Gasteiger charge is 2.31. The summed E-state index contributed by atoms with van der Waals surface area (Å²) >= 11 is 0. The van der Waals surface area contributed by atoms with E-state index in [9.17, 15) is 0 Å². The van der Waals surface area contributed by atoms with Gasteiger partial charge in [0, 0.05) is 6.04 Å². The van der Waals surface area contributed by atoms with Gasteiger partial charge in [-0.1, -0.05) is 19.9 Å². The molecule has 0 saturated heterocycles. The van der Waals surface area contributed by atoms with Crippen molar-refractivity contribution in [2.24, 2.45) is 5.41 Å². The number of fused-ring (bicyclic) bond motifs is 1. The number of benzene rings is 1. The molecule has 1 aliphatic rings. The Morgan fingerprint density at radius 3 is 2.74 bits per heavy atom. The Kier molecular flexibility index (Phi) is 4.19. The topological polar surface area (TPSA) is 21.3 Å². The first-order valence-electron chi connectivity index (χ1n) is 7.41.